The van der Waals surface area contributed by atoms with Crippen LogP contribution in [-0.2, 0) is 4.79 Å². The SMILES string of the molecule is C=CCC(NC(=O)c1oc2c(F)cccc2c1C)C(=O)O. The van der Waals surface area contributed by atoms with E-state index in [4.69, 9.17) is 9.52 Å². The molecule has 2 aromatic rings. The molecule has 2 N–H and O–H groups in total. The van der Waals surface area contributed by atoms with Crippen LogP contribution in [-0.4, -0.2) is 23.0 Å². The first-order valence-electron chi connectivity index (χ1n) is 6.28. The van der Waals surface area contributed by atoms with Gasteiger partial charge in [0.05, 0.1) is 0 Å². The first-order valence-corrected chi connectivity index (χ1v) is 6.28. The van der Waals surface area contributed by atoms with Crippen molar-refractivity contribution >= 4 is 22.8 Å². The van der Waals surface area contributed by atoms with Crippen LogP contribution in [0.5, 0.6) is 0 Å². The summed E-state index contributed by atoms with van der Waals surface area (Å²) in [6, 6.07) is 3.27. The number of fused-ring (bicyclic) bond motifs is 1. The van der Waals surface area contributed by atoms with Crippen molar-refractivity contribution in [3.63, 3.8) is 0 Å². The number of amides is 1. The number of carbonyl (C=O) groups is 2. The van der Waals surface area contributed by atoms with E-state index < -0.39 is 23.7 Å². The number of aryl methyl sites for hydroxylation is 1. The van der Waals surface area contributed by atoms with Gasteiger partial charge in [-0.1, -0.05) is 18.2 Å². The van der Waals surface area contributed by atoms with Crippen molar-refractivity contribution in [3.8, 4) is 0 Å². The molecule has 21 heavy (non-hydrogen) atoms. The third-order valence-corrected chi connectivity index (χ3v) is 3.13. The van der Waals surface area contributed by atoms with E-state index in [1.165, 1.54) is 18.2 Å². The largest absolute Gasteiger partial charge is 0.480 e. The van der Waals surface area contributed by atoms with Gasteiger partial charge in [0.2, 0.25) is 0 Å². The number of carboxylic acid groups (broad SMARTS) is 1. The predicted molar refractivity (Wildman–Crippen MR) is 74.6 cm³/mol. The van der Waals surface area contributed by atoms with Crippen molar-refractivity contribution in [3.05, 3.63) is 48.0 Å². The number of halogens is 1. The summed E-state index contributed by atoms with van der Waals surface area (Å²) in [5.41, 5.74) is 0.445. The molecule has 0 saturated heterocycles. The number of hydrogen-bond acceptors (Lipinski definition) is 3. The van der Waals surface area contributed by atoms with Gasteiger partial charge in [-0.05, 0) is 19.4 Å². The van der Waals surface area contributed by atoms with Gasteiger partial charge in [-0.3, -0.25) is 4.79 Å². The van der Waals surface area contributed by atoms with Crippen molar-refractivity contribution < 1.29 is 23.5 Å². The Bertz CT molecular complexity index is 720. The van der Waals surface area contributed by atoms with Crippen LogP contribution in [0.1, 0.15) is 22.5 Å². The first kappa shape index (κ1) is 14.8. The Labute approximate surface area is 120 Å². The molecule has 0 aliphatic carbocycles. The van der Waals surface area contributed by atoms with Gasteiger partial charge in [0.1, 0.15) is 6.04 Å². The third kappa shape index (κ3) is 2.79. The highest BCUT2D eigenvalue weighted by Gasteiger charge is 2.24. The van der Waals surface area contributed by atoms with Gasteiger partial charge in [0.25, 0.3) is 5.91 Å². The number of furan rings is 1. The van der Waals surface area contributed by atoms with Crippen molar-refractivity contribution in [2.24, 2.45) is 0 Å². The minimum Gasteiger partial charge on any atom is -0.480 e. The topological polar surface area (TPSA) is 79.5 Å². The van der Waals surface area contributed by atoms with Gasteiger partial charge in [0, 0.05) is 10.9 Å². The average molecular weight is 291 g/mol. The van der Waals surface area contributed by atoms with Crippen LogP contribution in [0.25, 0.3) is 11.0 Å². The van der Waals surface area contributed by atoms with Gasteiger partial charge in [-0.2, -0.15) is 0 Å². The maximum absolute atomic E-state index is 13.6. The molecule has 0 spiro atoms. The zero-order valence-corrected chi connectivity index (χ0v) is 11.4. The number of aliphatic carboxylic acids is 1. The van der Waals surface area contributed by atoms with Crippen LogP contribution in [0.3, 0.4) is 0 Å². The lowest BCUT2D eigenvalue weighted by molar-refractivity contribution is -0.139. The van der Waals surface area contributed by atoms with Gasteiger partial charge >= 0.3 is 5.97 Å². The Balaban J connectivity index is 2.35. The Kier molecular flexibility index (Phi) is 4.07. The van der Waals surface area contributed by atoms with Gasteiger partial charge in [0.15, 0.2) is 17.2 Å². The molecule has 1 heterocycles. The first-order chi connectivity index (χ1) is 9.95. The van der Waals surface area contributed by atoms with E-state index in [1.54, 1.807) is 13.0 Å². The second-order valence-electron chi connectivity index (χ2n) is 4.56. The van der Waals surface area contributed by atoms with Crippen LogP contribution in [0, 0.1) is 12.7 Å². The number of rotatable bonds is 5. The van der Waals surface area contributed by atoms with Crippen molar-refractivity contribution in [2.75, 3.05) is 0 Å². The molecular formula is C15H14FNO4. The molecule has 0 aliphatic rings. The molecular weight excluding hydrogens is 277 g/mol. The Morgan fingerprint density at radius 2 is 2.24 bits per heavy atom. The minimum atomic E-state index is -1.18. The van der Waals surface area contributed by atoms with Crippen LogP contribution in [0.2, 0.25) is 0 Å². The lowest BCUT2D eigenvalue weighted by atomic mass is 10.1. The molecule has 0 saturated carbocycles. The van der Waals surface area contributed by atoms with E-state index in [1.807, 2.05) is 0 Å². The molecule has 1 aromatic heterocycles. The number of carboxylic acids is 1. The second kappa shape index (κ2) is 5.78. The molecule has 0 aliphatic heterocycles. The van der Waals surface area contributed by atoms with E-state index in [0.29, 0.717) is 10.9 Å². The number of para-hydroxylation sites is 1. The van der Waals surface area contributed by atoms with Gasteiger partial charge in [-0.15, -0.1) is 6.58 Å². The molecule has 1 amide bonds. The van der Waals surface area contributed by atoms with E-state index in [0.717, 1.165) is 0 Å². The fourth-order valence-electron chi connectivity index (χ4n) is 2.04. The number of hydrogen-bond donors (Lipinski definition) is 2. The highest BCUT2D eigenvalue weighted by Crippen LogP contribution is 2.27. The fraction of sp³-hybridized carbons (Fsp3) is 0.200. The van der Waals surface area contributed by atoms with Gasteiger partial charge in [-0.25, -0.2) is 9.18 Å². The predicted octanol–water partition coefficient (Wildman–Crippen LogP) is 2.64. The average Bonchev–Trinajstić information content (AvgIpc) is 2.77. The summed E-state index contributed by atoms with van der Waals surface area (Å²) in [6.45, 7) is 5.05. The monoisotopic (exact) mass is 291 g/mol. The maximum atomic E-state index is 13.6. The lowest BCUT2D eigenvalue weighted by Gasteiger charge is -2.11. The zero-order chi connectivity index (χ0) is 15.6. The smallest absolute Gasteiger partial charge is 0.326 e. The molecule has 1 unspecified atom stereocenters. The summed E-state index contributed by atoms with van der Waals surface area (Å²) in [5, 5.41) is 11.8. The van der Waals surface area contributed by atoms with Crippen LogP contribution < -0.4 is 5.32 Å². The van der Waals surface area contributed by atoms with Crippen LogP contribution in [0.15, 0.2) is 35.3 Å². The molecule has 0 fully saturated rings. The zero-order valence-electron chi connectivity index (χ0n) is 11.4. The van der Waals surface area contributed by atoms with E-state index in [9.17, 15) is 14.0 Å². The van der Waals surface area contributed by atoms with Crippen LogP contribution >= 0.6 is 0 Å². The summed E-state index contributed by atoms with van der Waals surface area (Å²) in [4.78, 5) is 23.1. The quantitative estimate of drug-likeness (QED) is 0.830. The summed E-state index contributed by atoms with van der Waals surface area (Å²) >= 11 is 0. The van der Waals surface area contributed by atoms with Crippen molar-refractivity contribution in [1.82, 2.24) is 5.32 Å². The summed E-state index contributed by atoms with van der Waals surface area (Å²) in [5.74, 6) is -2.54. The normalized spacial score (nSPS) is 12.1. The summed E-state index contributed by atoms with van der Waals surface area (Å²) in [7, 11) is 0. The maximum Gasteiger partial charge on any atom is 0.326 e. The van der Waals surface area contributed by atoms with E-state index in [2.05, 4.69) is 11.9 Å². The Hall–Kier alpha value is -2.63. The second-order valence-corrected chi connectivity index (χ2v) is 4.56. The fourth-order valence-corrected chi connectivity index (χ4v) is 2.04. The van der Waals surface area contributed by atoms with Crippen LogP contribution in [0.4, 0.5) is 4.39 Å². The highest BCUT2D eigenvalue weighted by molar-refractivity contribution is 6.00. The number of benzene rings is 1. The highest BCUT2D eigenvalue weighted by atomic mass is 19.1. The molecule has 6 heteroatoms. The molecule has 1 aromatic carbocycles. The summed E-state index contributed by atoms with van der Waals surface area (Å²) < 4.78 is 18.9. The third-order valence-electron chi connectivity index (χ3n) is 3.13. The van der Waals surface area contributed by atoms with Crippen molar-refractivity contribution in [2.45, 2.75) is 19.4 Å². The summed E-state index contributed by atoms with van der Waals surface area (Å²) in [6.07, 6.45) is 1.47. The standard InChI is InChI=1S/C15H14FNO4/c1-3-5-11(15(19)20)17-14(18)12-8(2)9-6-4-7-10(16)13(9)21-12/h3-4,6-7,11H,1,5H2,2H3,(H,17,18)(H,19,20). The van der Waals surface area contributed by atoms with E-state index in [-0.39, 0.29) is 17.8 Å². The van der Waals surface area contributed by atoms with E-state index >= 15 is 0 Å². The molecule has 5 nitrogen and oxygen atoms in total. The van der Waals surface area contributed by atoms with Gasteiger partial charge < -0.3 is 14.8 Å². The molecule has 0 radical (unpaired) electrons. The molecule has 2 rings (SSSR count). The molecule has 110 valence electrons. The van der Waals surface area contributed by atoms with Crippen molar-refractivity contribution in [1.29, 1.82) is 0 Å². The Morgan fingerprint density at radius 3 is 2.81 bits per heavy atom. The number of carbonyl (C=O) groups excluding carboxylic acids is 1. The Morgan fingerprint density at radius 1 is 1.52 bits per heavy atom. The molecule has 1 atom stereocenters. The number of nitrogens with one attached hydrogen (secondary N) is 1. The molecule has 0 bridgehead atoms. The minimum absolute atomic E-state index is 0.0178. The lowest BCUT2D eigenvalue weighted by Crippen LogP contribution is -2.40.